The van der Waals surface area contributed by atoms with Crippen molar-refractivity contribution in [3.05, 3.63) is 23.6 Å². The molecule has 1 aliphatic rings. The van der Waals surface area contributed by atoms with E-state index in [2.05, 4.69) is 25.9 Å². The topological polar surface area (TPSA) is 97.9 Å². The van der Waals surface area contributed by atoms with Crippen LogP contribution in [0.2, 0.25) is 0 Å². The molecule has 8 heteroatoms. The fourth-order valence-electron chi connectivity index (χ4n) is 2.44. The Balaban J connectivity index is 1.73. The van der Waals surface area contributed by atoms with Crippen molar-refractivity contribution in [2.45, 2.75) is 32.2 Å². The highest BCUT2D eigenvalue weighted by atomic mass is 16.5. The van der Waals surface area contributed by atoms with Gasteiger partial charge in [0.1, 0.15) is 0 Å². The van der Waals surface area contributed by atoms with E-state index in [0.29, 0.717) is 11.6 Å². The number of nitrogens with zero attached hydrogens (tertiary/aromatic N) is 4. The quantitative estimate of drug-likeness (QED) is 0.873. The maximum atomic E-state index is 12.2. The Morgan fingerprint density at radius 1 is 1.62 bits per heavy atom. The maximum absolute atomic E-state index is 12.2. The molecule has 0 aromatic carbocycles. The normalized spacial score (nSPS) is 18.1. The van der Waals surface area contributed by atoms with Crippen molar-refractivity contribution in [3.63, 3.8) is 0 Å². The highest BCUT2D eigenvalue weighted by molar-refractivity contribution is 6.01. The summed E-state index contributed by atoms with van der Waals surface area (Å²) in [6.45, 7) is 2.92. The Labute approximate surface area is 121 Å². The summed E-state index contributed by atoms with van der Waals surface area (Å²) in [5, 5.41) is 14.1. The van der Waals surface area contributed by atoms with Gasteiger partial charge in [-0.15, -0.1) is 0 Å². The smallest absolute Gasteiger partial charge is 0.297 e. The zero-order valence-electron chi connectivity index (χ0n) is 12.1. The van der Waals surface area contributed by atoms with Gasteiger partial charge in [0.05, 0.1) is 17.4 Å². The summed E-state index contributed by atoms with van der Waals surface area (Å²) < 4.78 is 6.83. The summed E-state index contributed by atoms with van der Waals surface area (Å²) >= 11 is 0. The Morgan fingerprint density at radius 2 is 2.48 bits per heavy atom. The summed E-state index contributed by atoms with van der Waals surface area (Å²) in [5.41, 5.74) is 1.50. The van der Waals surface area contributed by atoms with E-state index in [0.717, 1.165) is 31.5 Å². The average molecular weight is 290 g/mol. The van der Waals surface area contributed by atoms with Crippen LogP contribution in [0.3, 0.4) is 0 Å². The molecule has 1 fully saturated rings. The molecule has 0 spiro atoms. The number of aryl methyl sites for hydroxylation is 2. The molecule has 2 aromatic heterocycles. The second-order valence-electron chi connectivity index (χ2n) is 5.08. The molecule has 3 heterocycles. The number of carbonyl (C=O) groups is 1. The van der Waals surface area contributed by atoms with E-state index >= 15 is 0 Å². The largest absolute Gasteiger partial charge is 0.337 e. The van der Waals surface area contributed by atoms with Gasteiger partial charge < -0.3 is 15.2 Å². The minimum atomic E-state index is -0.384. The van der Waals surface area contributed by atoms with Crippen molar-refractivity contribution >= 4 is 11.6 Å². The SMILES string of the molecule is CCc1nn(C)cc1NC(=O)c1noc(C2CCCN2)n1. The van der Waals surface area contributed by atoms with E-state index in [4.69, 9.17) is 4.52 Å². The molecule has 0 saturated carbocycles. The summed E-state index contributed by atoms with van der Waals surface area (Å²) in [7, 11) is 1.81. The fourth-order valence-corrected chi connectivity index (χ4v) is 2.44. The lowest BCUT2D eigenvalue weighted by Gasteiger charge is -2.02. The van der Waals surface area contributed by atoms with Gasteiger partial charge in [-0.2, -0.15) is 10.1 Å². The van der Waals surface area contributed by atoms with Gasteiger partial charge in [-0.05, 0) is 25.8 Å². The molecule has 0 radical (unpaired) electrons. The first-order chi connectivity index (χ1) is 10.2. The molecule has 2 aromatic rings. The monoisotopic (exact) mass is 290 g/mol. The van der Waals surface area contributed by atoms with E-state index in [-0.39, 0.29) is 17.8 Å². The zero-order valence-corrected chi connectivity index (χ0v) is 12.1. The molecule has 0 aliphatic carbocycles. The van der Waals surface area contributed by atoms with Crippen LogP contribution in [0.15, 0.2) is 10.7 Å². The molecule has 8 nitrogen and oxygen atoms in total. The number of amides is 1. The van der Waals surface area contributed by atoms with Gasteiger partial charge >= 0.3 is 0 Å². The minimum absolute atomic E-state index is 0.0459. The van der Waals surface area contributed by atoms with Crippen LogP contribution in [0.25, 0.3) is 0 Å². The van der Waals surface area contributed by atoms with Crippen molar-refractivity contribution in [2.24, 2.45) is 7.05 Å². The third-order valence-corrected chi connectivity index (χ3v) is 3.49. The Morgan fingerprint density at radius 3 is 3.19 bits per heavy atom. The number of anilines is 1. The van der Waals surface area contributed by atoms with Crippen LogP contribution >= 0.6 is 0 Å². The maximum Gasteiger partial charge on any atom is 0.297 e. The zero-order chi connectivity index (χ0) is 14.8. The number of nitrogens with one attached hydrogen (secondary N) is 2. The van der Waals surface area contributed by atoms with Gasteiger partial charge in [0.2, 0.25) is 5.89 Å². The van der Waals surface area contributed by atoms with Crippen LogP contribution in [0.1, 0.15) is 48.0 Å². The van der Waals surface area contributed by atoms with Crippen molar-refractivity contribution in [3.8, 4) is 0 Å². The molecule has 2 N–H and O–H groups in total. The first-order valence-electron chi connectivity index (χ1n) is 7.08. The molecule has 1 unspecified atom stereocenters. The van der Waals surface area contributed by atoms with Crippen molar-refractivity contribution < 1.29 is 9.32 Å². The molecular formula is C13H18N6O2. The molecule has 112 valence electrons. The van der Waals surface area contributed by atoms with Gasteiger partial charge in [0, 0.05) is 13.2 Å². The van der Waals surface area contributed by atoms with Gasteiger partial charge in [-0.25, -0.2) is 0 Å². The predicted octanol–water partition coefficient (Wildman–Crippen LogP) is 1.04. The average Bonchev–Trinajstić information content (AvgIpc) is 3.18. The van der Waals surface area contributed by atoms with Crippen LogP contribution in [0.5, 0.6) is 0 Å². The molecule has 1 saturated heterocycles. The Bertz CT molecular complexity index is 641. The van der Waals surface area contributed by atoms with E-state index in [1.165, 1.54) is 0 Å². The number of aromatic nitrogens is 4. The van der Waals surface area contributed by atoms with Crippen molar-refractivity contribution in [1.29, 1.82) is 0 Å². The van der Waals surface area contributed by atoms with Crippen molar-refractivity contribution in [1.82, 2.24) is 25.2 Å². The van der Waals surface area contributed by atoms with Crippen LogP contribution in [0, 0.1) is 0 Å². The second-order valence-corrected chi connectivity index (χ2v) is 5.08. The van der Waals surface area contributed by atoms with Gasteiger partial charge in [0.25, 0.3) is 11.7 Å². The van der Waals surface area contributed by atoms with Crippen molar-refractivity contribution in [2.75, 3.05) is 11.9 Å². The van der Waals surface area contributed by atoms with Gasteiger partial charge in [-0.1, -0.05) is 12.1 Å². The number of rotatable bonds is 4. The highest BCUT2D eigenvalue weighted by Gasteiger charge is 2.24. The molecule has 0 bridgehead atoms. The van der Waals surface area contributed by atoms with Gasteiger partial charge in [-0.3, -0.25) is 9.48 Å². The first kappa shape index (κ1) is 13.7. The summed E-state index contributed by atoms with van der Waals surface area (Å²) in [5.74, 6) is 0.134. The van der Waals surface area contributed by atoms with Crippen LogP contribution < -0.4 is 10.6 Å². The van der Waals surface area contributed by atoms with E-state index in [9.17, 15) is 4.79 Å². The van der Waals surface area contributed by atoms with Crippen LogP contribution in [0.4, 0.5) is 5.69 Å². The predicted molar refractivity (Wildman–Crippen MR) is 74.8 cm³/mol. The lowest BCUT2D eigenvalue weighted by molar-refractivity contribution is 0.101. The fraction of sp³-hybridized carbons (Fsp3) is 0.538. The molecule has 1 amide bonds. The van der Waals surface area contributed by atoms with Crippen LogP contribution in [-0.2, 0) is 13.5 Å². The highest BCUT2D eigenvalue weighted by Crippen LogP contribution is 2.21. The molecule has 1 atom stereocenters. The number of carbonyl (C=O) groups excluding carboxylic acids is 1. The summed E-state index contributed by atoms with van der Waals surface area (Å²) in [6.07, 6.45) is 4.52. The van der Waals surface area contributed by atoms with E-state index < -0.39 is 0 Å². The first-order valence-corrected chi connectivity index (χ1v) is 7.08. The van der Waals surface area contributed by atoms with E-state index in [1.807, 2.05) is 14.0 Å². The minimum Gasteiger partial charge on any atom is -0.337 e. The molecule has 1 aliphatic heterocycles. The van der Waals surface area contributed by atoms with Gasteiger partial charge in [0.15, 0.2) is 0 Å². The standard InChI is InChI=1S/C13H18N6O2/c1-3-8-10(7-19(2)17-8)15-12(20)11-16-13(21-18-11)9-5-4-6-14-9/h7,9,14H,3-6H2,1-2H3,(H,15,20). The lowest BCUT2D eigenvalue weighted by atomic mass is 10.2. The Hall–Kier alpha value is -2.22. The Kier molecular flexibility index (Phi) is 3.70. The third-order valence-electron chi connectivity index (χ3n) is 3.49. The number of hydrogen-bond acceptors (Lipinski definition) is 6. The van der Waals surface area contributed by atoms with Crippen LogP contribution in [-0.4, -0.2) is 32.4 Å². The summed E-state index contributed by atoms with van der Waals surface area (Å²) in [4.78, 5) is 16.3. The van der Waals surface area contributed by atoms with E-state index in [1.54, 1.807) is 10.9 Å². The molecule has 3 rings (SSSR count). The molecule has 21 heavy (non-hydrogen) atoms. The number of hydrogen-bond donors (Lipinski definition) is 2. The summed E-state index contributed by atoms with van der Waals surface area (Å²) in [6, 6.07) is 0.0589. The third kappa shape index (κ3) is 2.80. The second kappa shape index (κ2) is 5.65. The lowest BCUT2D eigenvalue weighted by Crippen LogP contribution is -2.16. The molecular weight excluding hydrogens is 272 g/mol.